The number of carbonyl (C=O) groups is 2. The highest BCUT2D eigenvalue weighted by Gasteiger charge is 2.48. The molecule has 150 valence electrons. The number of rotatable bonds is 8. The van der Waals surface area contributed by atoms with Gasteiger partial charge in [0.2, 0.25) is 0 Å². The van der Waals surface area contributed by atoms with Crippen LogP contribution in [0.15, 0.2) is 30.3 Å². The number of para-hydroxylation sites is 1. The normalized spacial score (nSPS) is 25.0. The zero-order valence-corrected chi connectivity index (χ0v) is 15.8. The van der Waals surface area contributed by atoms with E-state index < -0.39 is 5.97 Å². The predicted molar refractivity (Wildman–Crippen MR) is 105 cm³/mol. The summed E-state index contributed by atoms with van der Waals surface area (Å²) in [4.78, 5) is 22.5. The van der Waals surface area contributed by atoms with Gasteiger partial charge in [-0.25, -0.2) is 10.2 Å². The van der Waals surface area contributed by atoms with E-state index in [2.05, 4.69) is 28.0 Å². The van der Waals surface area contributed by atoms with Gasteiger partial charge in [0.25, 0.3) is 0 Å². The first-order valence-corrected chi connectivity index (χ1v) is 9.81. The second-order valence-corrected chi connectivity index (χ2v) is 7.25. The minimum atomic E-state index is -0.779. The van der Waals surface area contributed by atoms with Crippen molar-refractivity contribution >= 4 is 17.7 Å². The SMILES string of the molecule is O=C(O)CCCC#CCC1C2CCC(O2)C1CNNC(=O)Nc1ccccc1. The quantitative estimate of drug-likeness (QED) is 0.313. The Morgan fingerprint density at radius 2 is 1.86 bits per heavy atom. The summed E-state index contributed by atoms with van der Waals surface area (Å²) < 4.78 is 6.05. The van der Waals surface area contributed by atoms with Gasteiger partial charge < -0.3 is 15.2 Å². The van der Waals surface area contributed by atoms with Crippen molar-refractivity contribution in [3.05, 3.63) is 30.3 Å². The number of carboxylic acids is 1. The Morgan fingerprint density at radius 1 is 1.11 bits per heavy atom. The maximum absolute atomic E-state index is 12.0. The standard InChI is InChI=1S/C21H27N3O4/c25-20(26)11-7-2-1-6-10-16-17(19-13-12-18(16)28-19)14-22-24-21(27)23-15-8-4-3-5-9-15/h3-5,8-9,16-19,22H,2,7,10-14H2,(H,25,26)(H2,23,24,27). The van der Waals surface area contributed by atoms with Crippen LogP contribution in [0.2, 0.25) is 0 Å². The Balaban J connectivity index is 1.41. The molecule has 0 spiro atoms. The zero-order valence-electron chi connectivity index (χ0n) is 15.8. The summed E-state index contributed by atoms with van der Waals surface area (Å²) in [5.41, 5.74) is 6.45. The number of carboxylic acid groups (broad SMARTS) is 1. The molecule has 2 saturated heterocycles. The number of hydrogen-bond donors (Lipinski definition) is 4. The van der Waals surface area contributed by atoms with Crippen molar-refractivity contribution in [1.82, 2.24) is 10.9 Å². The third-order valence-corrected chi connectivity index (χ3v) is 5.32. The van der Waals surface area contributed by atoms with Gasteiger partial charge in [0.15, 0.2) is 0 Å². The van der Waals surface area contributed by atoms with Gasteiger partial charge in [0.05, 0.1) is 12.2 Å². The molecule has 1 aromatic rings. The van der Waals surface area contributed by atoms with Crippen molar-refractivity contribution in [1.29, 1.82) is 0 Å². The van der Waals surface area contributed by atoms with Crippen LogP contribution in [-0.4, -0.2) is 35.9 Å². The maximum Gasteiger partial charge on any atom is 0.333 e. The molecule has 0 aliphatic carbocycles. The van der Waals surface area contributed by atoms with Crippen molar-refractivity contribution in [2.45, 2.75) is 50.7 Å². The van der Waals surface area contributed by atoms with Crippen LogP contribution in [-0.2, 0) is 9.53 Å². The number of nitrogens with one attached hydrogen (secondary N) is 3. The molecule has 7 nitrogen and oxygen atoms in total. The molecule has 0 saturated carbocycles. The van der Waals surface area contributed by atoms with Crippen molar-refractivity contribution in [3.63, 3.8) is 0 Å². The summed E-state index contributed by atoms with van der Waals surface area (Å²) >= 11 is 0. The van der Waals surface area contributed by atoms with Crippen LogP contribution < -0.4 is 16.2 Å². The lowest BCUT2D eigenvalue weighted by molar-refractivity contribution is -0.137. The van der Waals surface area contributed by atoms with Crippen LogP contribution in [0.25, 0.3) is 0 Å². The Hall–Kier alpha value is -2.56. The molecule has 4 unspecified atom stereocenters. The molecule has 4 N–H and O–H groups in total. The minimum absolute atomic E-state index is 0.162. The number of urea groups is 1. The Morgan fingerprint density at radius 3 is 2.61 bits per heavy atom. The van der Waals surface area contributed by atoms with Crippen molar-refractivity contribution in [2.75, 3.05) is 11.9 Å². The van der Waals surface area contributed by atoms with Gasteiger partial charge in [0, 0.05) is 43.3 Å². The molecule has 3 rings (SSSR count). The third kappa shape index (κ3) is 5.72. The fourth-order valence-electron chi connectivity index (χ4n) is 3.98. The minimum Gasteiger partial charge on any atom is -0.481 e. The molecule has 0 aromatic heterocycles. The fraction of sp³-hybridized carbons (Fsp3) is 0.524. The number of hydrazine groups is 1. The predicted octanol–water partition coefficient (Wildman–Crippen LogP) is 2.75. The van der Waals surface area contributed by atoms with Crippen LogP contribution in [0, 0.1) is 23.7 Å². The lowest BCUT2D eigenvalue weighted by atomic mass is 9.77. The molecule has 7 heteroatoms. The van der Waals surface area contributed by atoms with E-state index in [1.807, 2.05) is 30.3 Å². The van der Waals surface area contributed by atoms with Gasteiger partial charge in [-0.3, -0.25) is 10.2 Å². The Labute approximate surface area is 165 Å². The summed E-state index contributed by atoms with van der Waals surface area (Å²) in [5, 5.41) is 11.4. The average Bonchev–Trinajstić information content (AvgIpc) is 3.27. The van der Waals surface area contributed by atoms with E-state index in [9.17, 15) is 9.59 Å². The molecule has 1 aromatic carbocycles. The molecule has 28 heavy (non-hydrogen) atoms. The fourth-order valence-corrected chi connectivity index (χ4v) is 3.98. The summed E-state index contributed by atoms with van der Waals surface area (Å²) in [6, 6.07) is 8.98. The largest absolute Gasteiger partial charge is 0.481 e. The summed E-state index contributed by atoms with van der Waals surface area (Å²) in [5.74, 6) is 6.15. The number of amides is 2. The number of fused-ring (bicyclic) bond motifs is 2. The number of ether oxygens (including phenoxy) is 1. The van der Waals surface area contributed by atoms with Crippen LogP contribution in [0.4, 0.5) is 10.5 Å². The molecular weight excluding hydrogens is 358 g/mol. The highest BCUT2D eigenvalue weighted by atomic mass is 16.5. The van der Waals surface area contributed by atoms with Crippen LogP contribution >= 0.6 is 0 Å². The molecule has 2 aliphatic rings. The summed E-state index contributed by atoms with van der Waals surface area (Å²) in [6.07, 6.45) is 4.67. The summed E-state index contributed by atoms with van der Waals surface area (Å²) in [6.45, 7) is 0.634. The molecule has 2 bridgehead atoms. The number of unbranched alkanes of at least 4 members (excludes halogenated alkanes) is 1. The lowest BCUT2D eigenvalue weighted by Crippen LogP contribution is -2.45. The first-order valence-electron chi connectivity index (χ1n) is 9.81. The highest BCUT2D eigenvalue weighted by molar-refractivity contribution is 5.88. The number of benzene rings is 1. The number of anilines is 1. The molecule has 0 radical (unpaired) electrons. The molecule has 2 heterocycles. The molecule has 2 aliphatic heterocycles. The van der Waals surface area contributed by atoms with E-state index in [0.717, 1.165) is 24.9 Å². The lowest BCUT2D eigenvalue weighted by Gasteiger charge is -2.26. The monoisotopic (exact) mass is 385 g/mol. The van der Waals surface area contributed by atoms with Crippen molar-refractivity contribution in [3.8, 4) is 11.8 Å². The number of hydrogen-bond acceptors (Lipinski definition) is 4. The number of aliphatic carboxylic acids is 1. The van der Waals surface area contributed by atoms with Gasteiger partial charge in [-0.1, -0.05) is 18.2 Å². The molecular formula is C21H27N3O4. The van der Waals surface area contributed by atoms with E-state index in [4.69, 9.17) is 9.84 Å². The smallest absolute Gasteiger partial charge is 0.333 e. The van der Waals surface area contributed by atoms with E-state index in [-0.39, 0.29) is 24.7 Å². The van der Waals surface area contributed by atoms with Crippen molar-refractivity contribution < 1.29 is 19.4 Å². The summed E-state index contributed by atoms with van der Waals surface area (Å²) in [7, 11) is 0. The van der Waals surface area contributed by atoms with Gasteiger partial charge in [-0.2, -0.15) is 0 Å². The Kier molecular flexibility index (Phi) is 7.29. The van der Waals surface area contributed by atoms with Crippen LogP contribution in [0.3, 0.4) is 0 Å². The third-order valence-electron chi connectivity index (χ3n) is 5.32. The number of carbonyl (C=O) groups excluding carboxylic acids is 1. The second kappa shape index (κ2) is 10.1. The Bertz CT molecular complexity index is 728. The van der Waals surface area contributed by atoms with Gasteiger partial charge >= 0.3 is 12.0 Å². The first-order chi connectivity index (χ1) is 13.6. The second-order valence-electron chi connectivity index (χ2n) is 7.25. The van der Waals surface area contributed by atoms with E-state index in [1.165, 1.54) is 0 Å². The van der Waals surface area contributed by atoms with Crippen LogP contribution in [0.1, 0.15) is 38.5 Å². The van der Waals surface area contributed by atoms with Gasteiger partial charge in [-0.15, -0.1) is 11.8 Å². The average molecular weight is 385 g/mol. The molecule has 2 amide bonds. The molecule has 4 atom stereocenters. The highest BCUT2D eigenvalue weighted by Crippen LogP contribution is 2.44. The topological polar surface area (TPSA) is 99.7 Å². The van der Waals surface area contributed by atoms with Gasteiger partial charge in [-0.05, 0) is 31.4 Å². The van der Waals surface area contributed by atoms with E-state index >= 15 is 0 Å². The van der Waals surface area contributed by atoms with Crippen molar-refractivity contribution in [2.24, 2.45) is 11.8 Å². The van der Waals surface area contributed by atoms with E-state index in [1.54, 1.807) is 0 Å². The maximum atomic E-state index is 12.0. The molecule has 2 fully saturated rings. The van der Waals surface area contributed by atoms with Gasteiger partial charge in [0.1, 0.15) is 0 Å². The van der Waals surface area contributed by atoms with E-state index in [0.29, 0.717) is 31.2 Å². The first kappa shape index (κ1) is 20.2. The van der Waals surface area contributed by atoms with Crippen LogP contribution in [0.5, 0.6) is 0 Å². The zero-order chi connectivity index (χ0) is 19.8.